The molecule has 0 saturated heterocycles. The molecule has 0 amide bonds. The van der Waals surface area contributed by atoms with Gasteiger partial charge >= 0.3 is 0 Å². The van der Waals surface area contributed by atoms with Crippen LogP contribution in [0.25, 0.3) is 0 Å². The molecule has 0 unspecified atom stereocenters. The molecule has 3 aromatic rings. The van der Waals surface area contributed by atoms with Crippen LogP contribution in [0.3, 0.4) is 0 Å². The zero-order chi connectivity index (χ0) is 20.5. The molecule has 158 valence electrons. The number of ketones is 1. The maximum absolute atomic E-state index is 12.7. The minimum Gasteiger partial charge on any atom is -0.489 e. The van der Waals surface area contributed by atoms with Crippen LogP contribution in [0.15, 0.2) is 84.9 Å². The van der Waals surface area contributed by atoms with Gasteiger partial charge in [-0.25, -0.2) is 0 Å². The van der Waals surface area contributed by atoms with Crippen LogP contribution >= 0.6 is 12.4 Å². The van der Waals surface area contributed by atoms with Gasteiger partial charge in [-0.05, 0) is 62.1 Å². The lowest BCUT2D eigenvalue weighted by Crippen LogP contribution is -2.40. The number of carbonyl (C=O) groups is 1. The summed E-state index contributed by atoms with van der Waals surface area (Å²) in [6, 6.07) is 27.9. The van der Waals surface area contributed by atoms with Crippen LogP contribution in [0.4, 0.5) is 0 Å². The van der Waals surface area contributed by atoms with E-state index in [9.17, 15) is 4.79 Å². The van der Waals surface area contributed by atoms with Gasteiger partial charge in [-0.3, -0.25) is 4.79 Å². The Balaban J connectivity index is 0.00000320. The summed E-state index contributed by atoms with van der Waals surface area (Å²) in [4.78, 5) is 12.7. The summed E-state index contributed by atoms with van der Waals surface area (Å²) >= 11 is 0. The van der Waals surface area contributed by atoms with E-state index in [0.717, 1.165) is 24.2 Å². The molecule has 0 aliphatic carbocycles. The van der Waals surface area contributed by atoms with Crippen LogP contribution in [0.1, 0.15) is 41.8 Å². The minimum absolute atomic E-state index is 0. The molecule has 0 spiro atoms. The second-order valence-electron chi connectivity index (χ2n) is 7.48. The summed E-state index contributed by atoms with van der Waals surface area (Å²) in [5.41, 5.74) is 3.15. The number of aryl methyl sites for hydroxylation is 1. The molecule has 30 heavy (non-hydrogen) atoms. The van der Waals surface area contributed by atoms with Gasteiger partial charge in [-0.1, -0.05) is 60.7 Å². The molecule has 0 aromatic heterocycles. The van der Waals surface area contributed by atoms with Gasteiger partial charge in [0.05, 0.1) is 6.04 Å². The summed E-state index contributed by atoms with van der Waals surface area (Å²) in [6.07, 6.45) is 2.00. The van der Waals surface area contributed by atoms with Crippen molar-refractivity contribution >= 4 is 18.2 Å². The number of rotatable bonds is 10. The van der Waals surface area contributed by atoms with Gasteiger partial charge in [-0.15, -0.1) is 12.4 Å². The Bertz CT molecular complexity index is 882. The second kappa shape index (κ2) is 12.2. The Hall–Kier alpha value is -2.62. The molecule has 3 rings (SSSR count). The first kappa shape index (κ1) is 23.7. The number of hydrogen-bond donors (Lipinski definition) is 1. The molecular formula is C26H30ClNO2. The summed E-state index contributed by atoms with van der Waals surface area (Å²) in [7, 11) is 0. The summed E-state index contributed by atoms with van der Waals surface area (Å²) in [5, 5.41) is 3.43. The quantitative estimate of drug-likeness (QED) is 0.414. The monoisotopic (exact) mass is 423 g/mol. The molecule has 0 aliphatic heterocycles. The lowest BCUT2D eigenvalue weighted by atomic mass is 10.0. The lowest BCUT2D eigenvalue weighted by molar-refractivity contribution is 0.0944. The fourth-order valence-electron chi connectivity index (χ4n) is 3.32. The lowest BCUT2D eigenvalue weighted by Gasteiger charge is -2.19. The molecule has 1 N–H and O–H groups in total. The van der Waals surface area contributed by atoms with Crippen molar-refractivity contribution in [3.8, 4) is 5.75 Å². The van der Waals surface area contributed by atoms with Gasteiger partial charge in [0.25, 0.3) is 0 Å². The zero-order valence-corrected chi connectivity index (χ0v) is 18.4. The summed E-state index contributed by atoms with van der Waals surface area (Å²) in [6.45, 7) is 4.58. The summed E-state index contributed by atoms with van der Waals surface area (Å²) in [5.74, 6) is 0.869. The van der Waals surface area contributed by atoms with Gasteiger partial charge in [0.15, 0.2) is 5.78 Å². The van der Waals surface area contributed by atoms with Crippen LogP contribution in [0.2, 0.25) is 0 Å². The maximum atomic E-state index is 12.7. The smallest absolute Gasteiger partial charge is 0.179 e. The van der Waals surface area contributed by atoms with Crippen molar-refractivity contribution in [2.24, 2.45) is 0 Å². The Morgan fingerprint density at radius 1 is 0.833 bits per heavy atom. The number of carbonyl (C=O) groups excluding carboxylic acids is 1. The highest BCUT2D eigenvalue weighted by Crippen LogP contribution is 2.16. The Kier molecular flexibility index (Phi) is 9.59. The van der Waals surface area contributed by atoms with Crippen molar-refractivity contribution < 1.29 is 9.53 Å². The highest BCUT2D eigenvalue weighted by atomic mass is 35.5. The maximum Gasteiger partial charge on any atom is 0.179 e. The number of nitrogens with one attached hydrogen (secondary N) is 1. The van der Waals surface area contributed by atoms with Crippen LogP contribution in [-0.4, -0.2) is 17.9 Å². The third-order valence-corrected chi connectivity index (χ3v) is 5.02. The van der Waals surface area contributed by atoms with E-state index < -0.39 is 0 Å². The molecule has 0 aliphatic rings. The molecule has 2 atom stereocenters. The van der Waals surface area contributed by atoms with E-state index in [1.165, 1.54) is 5.56 Å². The number of benzene rings is 3. The molecule has 0 saturated carbocycles. The van der Waals surface area contributed by atoms with Gasteiger partial charge in [0, 0.05) is 11.6 Å². The normalized spacial score (nSPS) is 12.5. The molecule has 3 nitrogen and oxygen atoms in total. The Labute approximate surface area is 185 Å². The molecular weight excluding hydrogens is 394 g/mol. The number of halogens is 1. The van der Waals surface area contributed by atoms with Crippen molar-refractivity contribution in [1.29, 1.82) is 0 Å². The van der Waals surface area contributed by atoms with E-state index in [1.54, 1.807) is 0 Å². The van der Waals surface area contributed by atoms with Crippen LogP contribution < -0.4 is 10.1 Å². The first-order valence-corrected chi connectivity index (χ1v) is 10.2. The van der Waals surface area contributed by atoms with Crippen LogP contribution in [-0.2, 0) is 13.0 Å². The average Bonchev–Trinajstić information content (AvgIpc) is 2.77. The van der Waals surface area contributed by atoms with Gasteiger partial charge in [0.2, 0.25) is 0 Å². The fraction of sp³-hybridized carbons (Fsp3) is 0.269. The van der Waals surface area contributed by atoms with Crippen molar-refractivity contribution in [2.45, 2.75) is 45.4 Å². The predicted molar refractivity (Wildman–Crippen MR) is 126 cm³/mol. The Morgan fingerprint density at radius 3 is 2.00 bits per heavy atom. The van der Waals surface area contributed by atoms with E-state index in [1.807, 2.05) is 67.6 Å². The van der Waals surface area contributed by atoms with Crippen molar-refractivity contribution in [2.75, 3.05) is 0 Å². The van der Waals surface area contributed by atoms with E-state index in [4.69, 9.17) is 4.74 Å². The van der Waals surface area contributed by atoms with E-state index >= 15 is 0 Å². The first-order valence-electron chi connectivity index (χ1n) is 10.2. The van der Waals surface area contributed by atoms with Gasteiger partial charge in [0.1, 0.15) is 12.4 Å². The van der Waals surface area contributed by atoms with Crippen LogP contribution in [0, 0.1) is 0 Å². The molecule has 0 fully saturated rings. The Morgan fingerprint density at radius 2 is 1.40 bits per heavy atom. The third kappa shape index (κ3) is 7.33. The van der Waals surface area contributed by atoms with Crippen LogP contribution in [0.5, 0.6) is 5.75 Å². The molecule has 3 aromatic carbocycles. The summed E-state index contributed by atoms with van der Waals surface area (Å²) < 4.78 is 5.80. The average molecular weight is 424 g/mol. The fourth-order valence-corrected chi connectivity index (χ4v) is 3.32. The zero-order valence-electron chi connectivity index (χ0n) is 17.6. The van der Waals surface area contributed by atoms with Gasteiger partial charge < -0.3 is 10.1 Å². The highest BCUT2D eigenvalue weighted by Gasteiger charge is 2.17. The van der Waals surface area contributed by atoms with E-state index in [0.29, 0.717) is 12.2 Å². The minimum atomic E-state index is -0.225. The van der Waals surface area contributed by atoms with Crippen molar-refractivity contribution in [3.05, 3.63) is 102 Å². The third-order valence-electron chi connectivity index (χ3n) is 5.02. The first-order chi connectivity index (χ1) is 14.1. The van der Waals surface area contributed by atoms with Gasteiger partial charge in [-0.2, -0.15) is 0 Å². The van der Waals surface area contributed by atoms with Crippen molar-refractivity contribution in [1.82, 2.24) is 5.32 Å². The molecule has 4 heteroatoms. The second-order valence-corrected chi connectivity index (χ2v) is 7.48. The van der Waals surface area contributed by atoms with Crippen molar-refractivity contribution in [3.63, 3.8) is 0 Å². The molecule has 0 heterocycles. The number of Topliss-reactive ketones (excluding diaryl/α,β-unsaturated/α-hetero) is 1. The van der Waals surface area contributed by atoms with E-state index in [2.05, 4.69) is 36.5 Å². The van der Waals surface area contributed by atoms with E-state index in [-0.39, 0.29) is 30.3 Å². The SMILES string of the molecule is C[C@H](CCc1ccccc1)N[C@H](C)C(=O)c1ccc(OCc2ccccc2)cc1.Cl. The number of hydrogen-bond acceptors (Lipinski definition) is 3. The highest BCUT2D eigenvalue weighted by molar-refractivity contribution is 5.99. The molecule has 0 radical (unpaired) electrons. The largest absolute Gasteiger partial charge is 0.489 e. The topological polar surface area (TPSA) is 38.3 Å². The number of ether oxygens (including phenoxy) is 1. The molecule has 0 bridgehead atoms. The standard InChI is InChI=1S/C26H29NO2.ClH/c1-20(13-14-22-9-5-3-6-10-22)27-21(2)26(28)24-15-17-25(18-16-24)29-19-23-11-7-4-8-12-23;/h3-12,15-18,20-21,27H,13-14,19H2,1-2H3;1H/t20-,21-;/m1./s1. The predicted octanol–water partition coefficient (Wildman–Crippen LogP) is 5.87.